The van der Waals surface area contributed by atoms with Crippen LogP contribution in [0.25, 0.3) is 11.4 Å². The maximum Gasteiger partial charge on any atom is 0.417 e. The van der Waals surface area contributed by atoms with Crippen molar-refractivity contribution in [1.29, 1.82) is 0 Å². The molecule has 4 rings (SSSR count). The summed E-state index contributed by atoms with van der Waals surface area (Å²) in [5, 5.41) is 0. The van der Waals surface area contributed by atoms with Gasteiger partial charge in [0.1, 0.15) is 11.9 Å². The first-order valence-corrected chi connectivity index (χ1v) is 9.20. The van der Waals surface area contributed by atoms with Crippen molar-refractivity contribution in [2.75, 3.05) is 18.0 Å². The summed E-state index contributed by atoms with van der Waals surface area (Å²) in [6.45, 7) is 1.05. The summed E-state index contributed by atoms with van der Waals surface area (Å²) in [5.41, 5.74) is 6.52. The summed E-state index contributed by atoms with van der Waals surface area (Å²) in [6, 6.07) is 7.47. The van der Waals surface area contributed by atoms with Gasteiger partial charge >= 0.3 is 6.18 Å². The lowest BCUT2D eigenvalue weighted by Crippen LogP contribution is -2.27. The van der Waals surface area contributed by atoms with E-state index in [1.807, 2.05) is 11.0 Å². The van der Waals surface area contributed by atoms with Crippen LogP contribution in [0, 0.1) is 0 Å². The van der Waals surface area contributed by atoms with Gasteiger partial charge in [0, 0.05) is 48.9 Å². The molecule has 0 saturated carbocycles. The molecule has 3 aromatic rings. The van der Waals surface area contributed by atoms with E-state index in [4.69, 9.17) is 10.5 Å². The molecule has 3 N–H and O–H groups in total. The molecule has 156 valence electrons. The molecule has 1 aliphatic rings. The molecule has 3 heterocycles. The predicted molar refractivity (Wildman–Crippen MR) is 103 cm³/mol. The molecule has 0 radical (unpaired) electrons. The fourth-order valence-electron chi connectivity index (χ4n) is 3.41. The normalized spacial score (nSPS) is 16.6. The van der Waals surface area contributed by atoms with E-state index in [0.29, 0.717) is 36.6 Å². The Hall–Kier alpha value is -3.56. The molecule has 0 spiro atoms. The number of alkyl halides is 3. The van der Waals surface area contributed by atoms with E-state index in [-0.39, 0.29) is 12.0 Å². The predicted octanol–water partition coefficient (Wildman–Crippen LogP) is 3.25. The quantitative estimate of drug-likeness (QED) is 0.664. The lowest BCUT2D eigenvalue weighted by atomic mass is 10.1. The van der Waals surface area contributed by atoms with Crippen LogP contribution in [-0.2, 0) is 6.18 Å². The molecule has 0 aliphatic carbocycles. The second kappa shape index (κ2) is 7.69. The van der Waals surface area contributed by atoms with Gasteiger partial charge in [0.15, 0.2) is 0 Å². The highest BCUT2D eigenvalue weighted by Gasteiger charge is 2.31. The number of rotatable bonds is 5. The van der Waals surface area contributed by atoms with Crippen LogP contribution in [0.15, 0.2) is 48.9 Å². The van der Waals surface area contributed by atoms with E-state index in [1.54, 1.807) is 24.5 Å². The topological polar surface area (TPSA) is 97.1 Å². The van der Waals surface area contributed by atoms with Crippen molar-refractivity contribution < 1.29 is 22.7 Å². The number of anilines is 1. The minimum atomic E-state index is -4.44. The zero-order valence-corrected chi connectivity index (χ0v) is 15.7. The average Bonchev–Trinajstić information content (AvgIpc) is 3.39. The number of aromatic amines is 1. The second-order valence-electron chi connectivity index (χ2n) is 6.89. The van der Waals surface area contributed by atoms with Crippen LogP contribution in [0.5, 0.6) is 5.88 Å². The lowest BCUT2D eigenvalue weighted by Gasteiger charge is -2.21. The van der Waals surface area contributed by atoms with Crippen molar-refractivity contribution >= 4 is 11.6 Å². The molecule has 30 heavy (non-hydrogen) atoms. The van der Waals surface area contributed by atoms with E-state index in [2.05, 4.69) is 15.0 Å². The van der Waals surface area contributed by atoms with Crippen molar-refractivity contribution in [1.82, 2.24) is 15.0 Å². The molecule has 1 unspecified atom stereocenters. The molecule has 2 aromatic heterocycles. The molecule has 1 amide bonds. The number of amides is 1. The molecule has 1 atom stereocenters. The third-order valence-electron chi connectivity index (χ3n) is 4.87. The number of nitrogens with one attached hydrogen (secondary N) is 1. The summed E-state index contributed by atoms with van der Waals surface area (Å²) in [5.74, 6) is 0.186. The Morgan fingerprint density at radius 2 is 2.07 bits per heavy atom. The van der Waals surface area contributed by atoms with Gasteiger partial charge < -0.3 is 20.4 Å². The summed E-state index contributed by atoms with van der Waals surface area (Å²) >= 11 is 0. The van der Waals surface area contributed by atoms with Gasteiger partial charge in [0.05, 0.1) is 17.7 Å². The number of imidazole rings is 1. The molecule has 10 heteroatoms. The van der Waals surface area contributed by atoms with E-state index in [1.165, 1.54) is 6.07 Å². The van der Waals surface area contributed by atoms with Gasteiger partial charge in [-0.15, -0.1) is 0 Å². The van der Waals surface area contributed by atoms with E-state index in [9.17, 15) is 18.0 Å². The van der Waals surface area contributed by atoms with E-state index >= 15 is 0 Å². The first-order chi connectivity index (χ1) is 14.3. The zero-order valence-electron chi connectivity index (χ0n) is 15.7. The molecule has 7 nitrogen and oxygen atoms in total. The number of halogens is 3. The van der Waals surface area contributed by atoms with E-state index < -0.39 is 17.6 Å². The monoisotopic (exact) mass is 417 g/mol. The van der Waals surface area contributed by atoms with Crippen LogP contribution in [-0.4, -0.2) is 40.1 Å². The molecule has 1 fully saturated rings. The number of pyridine rings is 1. The maximum atomic E-state index is 12.7. The van der Waals surface area contributed by atoms with Crippen LogP contribution in [0.1, 0.15) is 22.3 Å². The van der Waals surface area contributed by atoms with Gasteiger partial charge in [0.2, 0.25) is 5.88 Å². The highest BCUT2D eigenvalue weighted by atomic mass is 19.4. The lowest BCUT2D eigenvalue weighted by molar-refractivity contribution is -0.137. The fourth-order valence-corrected chi connectivity index (χ4v) is 3.41. The highest BCUT2D eigenvalue weighted by molar-refractivity contribution is 6.00. The number of hydrogen-bond acceptors (Lipinski definition) is 5. The number of nitrogens with zero attached hydrogens (tertiary/aromatic N) is 3. The number of primary amides is 1. The largest absolute Gasteiger partial charge is 0.472 e. The minimum absolute atomic E-state index is 0.123. The van der Waals surface area contributed by atoms with Crippen LogP contribution < -0.4 is 15.4 Å². The summed E-state index contributed by atoms with van der Waals surface area (Å²) in [4.78, 5) is 24.9. The Morgan fingerprint density at radius 1 is 1.23 bits per heavy atom. The first-order valence-electron chi connectivity index (χ1n) is 9.20. The van der Waals surface area contributed by atoms with Crippen molar-refractivity contribution in [2.24, 2.45) is 5.73 Å². The average molecular weight is 417 g/mol. The van der Waals surface area contributed by atoms with Crippen LogP contribution in [0.3, 0.4) is 0 Å². The molecule has 1 saturated heterocycles. The number of aromatic nitrogens is 3. The van der Waals surface area contributed by atoms with Gasteiger partial charge in [0.25, 0.3) is 5.91 Å². The van der Waals surface area contributed by atoms with Crippen LogP contribution in [0.2, 0.25) is 0 Å². The summed E-state index contributed by atoms with van der Waals surface area (Å²) < 4.78 is 43.7. The van der Waals surface area contributed by atoms with Gasteiger partial charge in [-0.1, -0.05) is 0 Å². The Bertz CT molecular complexity index is 1040. The number of hydrogen-bond donors (Lipinski definition) is 2. The summed E-state index contributed by atoms with van der Waals surface area (Å²) in [7, 11) is 0. The first kappa shape index (κ1) is 19.7. The minimum Gasteiger partial charge on any atom is -0.472 e. The van der Waals surface area contributed by atoms with Crippen LogP contribution in [0.4, 0.5) is 18.9 Å². The number of nitrogens with two attached hydrogens (primary N) is 1. The molecular formula is C20H18F3N5O2. The Kier molecular flexibility index (Phi) is 5.06. The molecule has 1 aromatic carbocycles. The summed E-state index contributed by atoms with van der Waals surface area (Å²) in [6.07, 6.45) is -0.0421. The SMILES string of the molecule is NC(=O)c1cc(-c2ncc[nH]2)ccc1N1CCC(Oc2ccc(C(F)(F)F)cn2)C1. The Labute approximate surface area is 169 Å². The smallest absolute Gasteiger partial charge is 0.417 e. The van der Waals surface area contributed by atoms with Crippen molar-refractivity contribution in [3.8, 4) is 17.3 Å². The molecular weight excluding hydrogens is 399 g/mol. The standard InChI is InChI=1S/C20H18F3N5O2/c21-20(22,23)13-2-4-17(27-10-13)30-14-5-8-28(11-14)16-3-1-12(9-15(16)18(24)29)19-25-6-7-26-19/h1-4,6-7,9-10,14H,5,8,11H2,(H2,24,29)(H,25,26). The van der Waals surface area contributed by atoms with Gasteiger partial charge in [-0.3, -0.25) is 4.79 Å². The van der Waals surface area contributed by atoms with Gasteiger partial charge in [-0.05, 0) is 24.3 Å². The number of benzene rings is 1. The second-order valence-corrected chi connectivity index (χ2v) is 6.89. The third kappa shape index (κ3) is 4.07. The zero-order chi connectivity index (χ0) is 21.3. The number of carbonyl (C=O) groups is 1. The fraction of sp³-hybridized carbons (Fsp3) is 0.250. The highest BCUT2D eigenvalue weighted by Crippen LogP contribution is 2.31. The Balaban J connectivity index is 1.48. The van der Waals surface area contributed by atoms with Crippen molar-refractivity contribution in [2.45, 2.75) is 18.7 Å². The van der Waals surface area contributed by atoms with Crippen LogP contribution >= 0.6 is 0 Å². The number of ether oxygens (including phenoxy) is 1. The maximum absolute atomic E-state index is 12.7. The number of H-pyrrole nitrogens is 1. The van der Waals surface area contributed by atoms with E-state index in [0.717, 1.165) is 17.8 Å². The van der Waals surface area contributed by atoms with Gasteiger partial charge in [-0.2, -0.15) is 13.2 Å². The third-order valence-corrected chi connectivity index (χ3v) is 4.87. The Morgan fingerprint density at radius 3 is 2.70 bits per heavy atom. The van der Waals surface area contributed by atoms with Crippen molar-refractivity contribution in [3.05, 3.63) is 60.0 Å². The van der Waals surface area contributed by atoms with Crippen molar-refractivity contribution in [3.63, 3.8) is 0 Å². The molecule has 1 aliphatic heterocycles. The molecule has 0 bridgehead atoms. The van der Waals surface area contributed by atoms with Gasteiger partial charge in [-0.25, -0.2) is 9.97 Å². The number of carbonyl (C=O) groups excluding carboxylic acids is 1.